The summed E-state index contributed by atoms with van der Waals surface area (Å²) in [5.74, 6) is -2.24. The lowest BCUT2D eigenvalue weighted by atomic mass is 10.1. The summed E-state index contributed by atoms with van der Waals surface area (Å²) in [6.45, 7) is -0.612. The van der Waals surface area contributed by atoms with Crippen LogP contribution >= 0.6 is 0 Å². The number of hydrogen-bond acceptors (Lipinski definition) is 6. The molecule has 1 aromatic heterocycles. The number of para-hydroxylation sites is 1. The van der Waals surface area contributed by atoms with E-state index in [9.17, 15) is 31.1 Å². The van der Waals surface area contributed by atoms with Gasteiger partial charge in [-0.05, 0) is 24.3 Å². The Bertz CT molecular complexity index is 1150. The quantitative estimate of drug-likeness (QED) is 0.402. The maximum atomic E-state index is 13.3. The van der Waals surface area contributed by atoms with Crippen LogP contribution < -0.4 is 15.4 Å². The van der Waals surface area contributed by atoms with Gasteiger partial charge in [-0.15, -0.1) is 13.2 Å². The number of rotatable bonds is 7. The van der Waals surface area contributed by atoms with E-state index in [1.807, 2.05) is 0 Å². The molecule has 0 fully saturated rings. The minimum absolute atomic E-state index is 0.00231. The largest absolute Gasteiger partial charge is 0.573 e. The first-order valence-corrected chi connectivity index (χ1v) is 9.05. The van der Waals surface area contributed by atoms with E-state index in [2.05, 4.69) is 25.3 Å². The number of aliphatic carboxylic acids is 1. The van der Waals surface area contributed by atoms with Gasteiger partial charge >= 0.3 is 18.5 Å². The second kappa shape index (κ2) is 9.22. The summed E-state index contributed by atoms with van der Waals surface area (Å²) in [7, 11) is 0. The van der Waals surface area contributed by atoms with Gasteiger partial charge in [-0.2, -0.15) is 18.2 Å². The maximum absolute atomic E-state index is 13.3. The van der Waals surface area contributed by atoms with E-state index in [0.717, 1.165) is 24.3 Å². The van der Waals surface area contributed by atoms with Crippen molar-refractivity contribution in [2.45, 2.75) is 12.5 Å². The Morgan fingerprint density at radius 1 is 0.970 bits per heavy atom. The van der Waals surface area contributed by atoms with Crippen molar-refractivity contribution in [3.63, 3.8) is 0 Å². The lowest BCUT2D eigenvalue weighted by molar-refractivity contribution is -0.274. The fourth-order valence-electron chi connectivity index (χ4n) is 2.72. The molecular weight excluding hydrogens is 458 g/mol. The predicted molar refractivity (Wildman–Crippen MR) is 105 cm³/mol. The van der Waals surface area contributed by atoms with Crippen LogP contribution in [0.4, 0.5) is 43.8 Å². The molecule has 0 amide bonds. The molecule has 13 heteroatoms. The summed E-state index contributed by atoms with van der Waals surface area (Å²) in [5.41, 5.74) is -1.21. The van der Waals surface area contributed by atoms with Crippen LogP contribution in [0.2, 0.25) is 0 Å². The van der Waals surface area contributed by atoms with Crippen molar-refractivity contribution in [3.05, 3.63) is 60.2 Å². The van der Waals surface area contributed by atoms with Crippen molar-refractivity contribution in [2.24, 2.45) is 0 Å². The first kappa shape index (κ1) is 23.6. The maximum Gasteiger partial charge on any atom is 0.573 e. The topological polar surface area (TPSA) is 96.4 Å². The van der Waals surface area contributed by atoms with Gasteiger partial charge < -0.3 is 20.5 Å². The molecule has 0 atom stereocenters. The average Bonchev–Trinajstić information content (AvgIpc) is 2.71. The number of carbonyl (C=O) groups is 1. The van der Waals surface area contributed by atoms with Gasteiger partial charge in [-0.3, -0.25) is 4.79 Å². The fraction of sp³-hybridized carbons (Fsp3) is 0.150. The standard InChI is InChI=1S/C20H14F6N4O3/c21-19(22,23)13-6-1-2-7-14(13)28-16-9-15(29-18(30-16)27-10-17(31)32)11-4-3-5-12(8-11)33-20(24,25)26/h1-9H,10H2,(H,31,32)(H2,27,28,29,30). The summed E-state index contributed by atoms with van der Waals surface area (Å²) in [6, 6.07) is 10.5. The minimum atomic E-state index is -4.94. The molecule has 174 valence electrons. The number of alkyl halides is 6. The number of benzene rings is 2. The number of nitrogens with zero attached hydrogens (tertiary/aromatic N) is 2. The van der Waals surface area contributed by atoms with Gasteiger partial charge in [0.25, 0.3) is 0 Å². The SMILES string of the molecule is O=C(O)CNc1nc(Nc2ccccc2C(F)(F)F)cc(-c2cccc(OC(F)(F)F)c2)n1. The molecule has 0 bridgehead atoms. The summed E-state index contributed by atoms with van der Waals surface area (Å²) in [5, 5.41) is 13.7. The molecule has 0 radical (unpaired) electrons. The zero-order valence-electron chi connectivity index (χ0n) is 16.3. The van der Waals surface area contributed by atoms with Crippen molar-refractivity contribution in [1.82, 2.24) is 9.97 Å². The Hall–Kier alpha value is -4.03. The zero-order valence-corrected chi connectivity index (χ0v) is 16.3. The van der Waals surface area contributed by atoms with Gasteiger partial charge in [0.1, 0.15) is 18.1 Å². The van der Waals surface area contributed by atoms with Crippen molar-refractivity contribution < 1.29 is 41.0 Å². The van der Waals surface area contributed by atoms with Crippen molar-refractivity contribution in [1.29, 1.82) is 0 Å². The molecule has 1 heterocycles. The lowest BCUT2D eigenvalue weighted by Gasteiger charge is -2.15. The van der Waals surface area contributed by atoms with Gasteiger partial charge in [0.05, 0.1) is 16.9 Å². The molecule has 33 heavy (non-hydrogen) atoms. The Balaban J connectivity index is 2.03. The summed E-state index contributed by atoms with van der Waals surface area (Å²) >= 11 is 0. The van der Waals surface area contributed by atoms with E-state index in [1.165, 1.54) is 30.3 Å². The van der Waals surface area contributed by atoms with Gasteiger partial charge in [0.15, 0.2) is 0 Å². The van der Waals surface area contributed by atoms with Crippen LogP contribution in [0, 0.1) is 0 Å². The van der Waals surface area contributed by atoms with E-state index < -0.39 is 36.4 Å². The first-order chi connectivity index (χ1) is 15.4. The van der Waals surface area contributed by atoms with Crippen LogP contribution in [0.5, 0.6) is 5.75 Å². The Morgan fingerprint density at radius 2 is 1.70 bits per heavy atom. The third-order valence-corrected chi connectivity index (χ3v) is 3.98. The van der Waals surface area contributed by atoms with Crippen LogP contribution in [-0.4, -0.2) is 34.0 Å². The summed E-state index contributed by atoms with van der Waals surface area (Å²) in [4.78, 5) is 18.9. The summed E-state index contributed by atoms with van der Waals surface area (Å²) < 4.78 is 81.4. The highest BCUT2D eigenvalue weighted by molar-refractivity contribution is 5.73. The van der Waals surface area contributed by atoms with E-state index in [-0.39, 0.29) is 28.7 Å². The molecule has 0 aliphatic carbocycles. The third kappa shape index (κ3) is 6.72. The lowest BCUT2D eigenvalue weighted by Crippen LogP contribution is -2.17. The van der Waals surface area contributed by atoms with E-state index >= 15 is 0 Å². The highest BCUT2D eigenvalue weighted by Gasteiger charge is 2.33. The normalized spacial score (nSPS) is 11.7. The fourth-order valence-corrected chi connectivity index (χ4v) is 2.72. The molecule has 3 N–H and O–H groups in total. The van der Waals surface area contributed by atoms with E-state index in [0.29, 0.717) is 0 Å². The average molecular weight is 472 g/mol. The number of anilines is 3. The van der Waals surface area contributed by atoms with Crippen molar-refractivity contribution >= 4 is 23.4 Å². The minimum Gasteiger partial charge on any atom is -0.480 e. The van der Waals surface area contributed by atoms with Crippen molar-refractivity contribution in [2.75, 3.05) is 17.2 Å². The molecule has 0 unspecified atom stereocenters. The molecule has 2 aromatic carbocycles. The first-order valence-electron chi connectivity index (χ1n) is 9.05. The van der Waals surface area contributed by atoms with E-state index in [1.54, 1.807) is 0 Å². The smallest absolute Gasteiger partial charge is 0.480 e. The van der Waals surface area contributed by atoms with Crippen LogP contribution in [-0.2, 0) is 11.0 Å². The highest BCUT2D eigenvalue weighted by atomic mass is 19.4. The molecular formula is C20H14F6N4O3. The Kier molecular flexibility index (Phi) is 6.60. The summed E-state index contributed by atoms with van der Waals surface area (Å²) in [6.07, 6.45) is -9.61. The number of carboxylic acid groups (broad SMARTS) is 1. The second-order valence-corrected chi connectivity index (χ2v) is 6.45. The molecule has 0 aliphatic rings. The molecule has 0 aliphatic heterocycles. The van der Waals surface area contributed by atoms with Gasteiger partial charge in [-0.1, -0.05) is 24.3 Å². The molecule has 3 aromatic rings. The molecule has 0 spiro atoms. The number of aromatic nitrogens is 2. The Labute approximate surface area is 182 Å². The second-order valence-electron chi connectivity index (χ2n) is 6.45. The van der Waals surface area contributed by atoms with Gasteiger partial charge in [0, 0.05) is 11.6 Å². The number of halogens is 6. The van der Waals surface area contributed by atoms with Crippen molar-refractivity contribution in [3.8, 4) is 17.0 Å². The monoisotopic (exact) mass is 472 g/mol. The zero-order chi connectivity index (χ0) is 24.2. The van der Waals surface area contributed by atoms with Gasteiger partial charge in [0.2, 0.25) is 5.95 Å². The van der Waals surface area contributed by atoms with Crippen LogP contribution in [0.1, 0.15) is 5.56 Å². The molecule has 0 saturated carbocycles. The highest BCUT2D eigenvalue weighted by Crippen LogP contribution is 2.36. The van der Waals surface area contributed by atoms with Crippen LogP contribution in [0.25, 0.3) is 11.3 Å². The number of ether oxygens (including phenoxy) is 1. The number of hydrogen-bond donors (Lipinski definition) is 3. The van der Waals surface area contributed by atoms with Crippen LogP contribution in [0.15, 0.2) is 54.6 Å². The molecule has 0 saturated heterocycles. The Morgan fingerprint density at radius 3 is 2.36 bits per heavy atom. The van der Waals surface area contributed by atoms with Crippen LogP contribution in [0.3, 0.4) is 0 Å². The molecule has 3 rings (SSSR count). The number of nitrogens with one attached hydrogen (secondary N) is 2. The third-order valence-electron chi connectivity index (χ3n) is 3.98. The number of carboxylic acids is 1. The molecule has 7 nitrogen and oxygen atoms in total. The van der Waals surface area contributed by atoms with E-state index in [4.69, 9.17) is 5.11 Å². The predicted octanol–water partition coefficient (Wildman–Crippen LogP) is 5.30. The van der Waals surface area contributed by atoms with Gasteiger partial charge in [-0.25, -0.2) is 4.98 Å².